The number of hydrogen-bond donors (Lipinski definition) is 1. The van der Waals surface area contributed by atoms with Gasteiger partial charge in [-0.1, -0.05) is 84.9 Å². The van der Waals surface area contributed by atoms with Crippen LogP contribution in [0, 0.1) is 0 Å². The summed E-state index contributed by atoms with van der Waals surface area (Å²) in [5, 5.41) is 4.83. The number of rotatable bonds is 7. The predicted octanol–water partition coefficient (Wildman–Crippen LogP) is 7.73. The van der Waals surface area contributed by atoms with Gasteiger partial charge in [0.2, 0.25) is 0 Å². The molecular weight excluding hydrogens is 452 g/mol. The second kappa shape index (κ2) is 10.5. The smallest absolute Gasteiger partial charge is 0.0743 e. The van der Waals surface area contributed by atoms with Crippen molar-refractivity contribution in [3.63, 3.8) is 0 Å². The van der Waals surface area contributed by atoms with Gasteiger partial charge >= 0.3 is 0 Å². The molecule has 0 spiro atoms. The molecule has 0 radical (unpaired) electrons. The van der Waals surface area contributed by atoms with Crippen molar-refractivity contribution in [2.45, 2.75) is 19.3 Å². The lowest BCUT2D eigenvalue weighted by Gasteiger charge is -2.22. The maximum absolute atomic E-state index is 6.50. The maximum Gasteiger partial charge on any atom is 0.0743 e. The van der Waals surface area contributed by atoms with E-state index in [1.165, 1.54) is 22.3 Å². The average molecular weight is 483 g/mol. The van der Waals surface area contributed by atoms with Crippen molar-refractivity contribution in [2.24, 2.45) is 10.7 Å². The summed E-state index contributed by atoms with van der Waals surface area (Å²) in [7, 11) is 0. The Labute approximate surface area is 218 Å². The van der Waals surface area contributed by atoms with E-state index in [0.29, 0.717) is 5.70 Å². The van der Waals surface area contributed by atoms with Crippen LogP contribution in [0.5, 0.6) is 0 Å². The SMILES string of the molecule is CC(C)(C(N)=CC=Nc1ccc(-c2ccccc2)cc1)c1ccn(-c2ccc(-c3ccccc3)cc2)n1. The number of aromatic nitrogens is 2. The molecule has 0 saturated heterocycles. The van der Waals surface area contributed by atoms with Gasteiger partial charge in [-0.15, -0.1) is 0 Å². The Bertz CT molecular complexity index is 1510. The highest BCUT2D eigenvalue weighted by atomic mass is 15.3. The zero-order valence-corrected chi connectivity index (χ0v) is 21.1. The standard InChI is InChI=1S/C33H30N4/c1-33(2,31(34)21-23-35-29-17-13-27(14-18-29)25-9-5-3-6-10-25)32-22-24-37(36-32)30-19-15-28(16-20-30)26-11-7-4-8-12-26/h3-24H,34H2,1-2H3. The number of nitrogens with two attached hydrogens (primary N) is 1. The molecule has 2 N–H and O–H groups in total. The fourth-order valence-corrected chi connectivity index (χ4v) is 4.17. The van der Waals surface area contributed by atoms with E-state index in [-0.39, 0.29) is 0 Å². The number of nitrogens with zero attached hydrogens (tertiary/aromatic N) is 3. The van der Waals surface area contributed by atoms with Crippen LogP contribution in [0.15, 0.2) is 138 Å². The van der Waals surface area contributed by atoms with Gasteiger partial charge in [-0.05, 0) is 72.5 Å². The summed E-state index contributed by atoms with van der Waals surface area (Å²) in [4.78, 5) is 4.57. The predicted molar refractivity (Wildman–Crippen MR) is 154 cm³/mol. The molecule has 4 aromatic carbocycles. The molecule has 37 heavy (non-hydrogen) atoms. The maximum atomic E-state index is 6.50. The van der Waals surface area contributed by atoms with Gasteiger partial charge in [-0.2, -0.15) is 5.10 Å². The summed E-state index contributed by atoms with van der Waals surface area (Å²) < 4.78 is 1.89. The molecule has 5 aromatic rings. The molecule has 4 nitrogen and oxygen atoms in total. The molecule has 5 rings (SSSR count). The Kier molecular flexibility index (Phi) is 6.82. The Balaban J connectivity index is 1.28. The van der Waals surface area contributed by atoms with E-state index in [1.54, 1.807) is 6.21 Å². The highest BCUT2D eigenvalue weighted by Crippen LogP contribution is 2.28. The lowest BCUT2D eigenvalue weighted by molar-refractivity contribution is 0.584. The van der Waals surface area contributed by atoms with Crippen molar-refractivity contribution in [3.05, 3.63) is 139 Å². The first-order valence-corrected chi connectivity index (χ1v) is 12.4. The van der Waals surface area contributed by atoms with E-state index < -0.39 is 5.41 Å². The Hall–Kier alpha value is -4.70. The highest BCUT2D eigenvalue weighted by Gasteiger charge is 2.26. The van der Waals surface area contributed by atoms with Crippen LogP contribution in [0.25, 0.3) is 27.9 Å². The molecule has 4 heteroatoms. The molecule has 0 aliphatic rings. The Morgan fingerprint density at radius 2 is 1.22 bits per heavy atom. The monoisotopic (exact) mass is 482 g/mol. The van der Waals surface area contributed by atoms with E-state index >= 15 is 0 Å². The van der Waals surface area contributed by atoms with E-state index in [2.05, 4.69) is 91.6 Å². The molecule has 0 aliphatic carbocycles. The van der Waals surface area contributed by atoms with Crippen molar-refractivity contribution in [2.75, 3.05) is 0 Å². The van der Waals surface area contributed by atoms with Gasteiger partial charge in [-0.3, -0.25) is 4.99 Å². The third kappa shape index (κ3) is 5.44. The first kappa shape index (κ1) is 24.0. The van der Waals surface area contributed by atoms with Crippen molar-refractivity contribution < 1.29 is 0 Å². The first-order valence-electron chi connectivity index (χ1n) is 12.4. The molecule has 0 amide bonds. The summed E-state index contributed by atoms with van der Waals surface area (Å²) >= 11 is 0. The van der Waals surface area contributed by atoms with E-state index in [1.807, 2.05) is 59.4 Å². The minimum atomic E-state index is -0.446. The summed E-state index contributed by atoms with van der Waals surface area (Å²) in [6.07, 6.45) is 5.59. The van der Waals surface area contributed by atoms with Gasteiger partial charge in [0.05, 0.1) is 17.1 Å². The molecule has 0 bridgehead atoms. The lowest BCUT2D eigenvalue weighted by atomic mass is 9.86. The number of allylic oxidation sites excluding steroid dienone is 2. The molecule has 0 unspecified atom stereocenters. The third-order valence-corrected chi connectivity index (χ3v) is 6.64. The highest BCUT2D eigenvalue weighted by molar-refractivity contribution is 5.76. The summed E-state index contributed by atoms with van der Waals surface area (Å²) in [5.41, 5.74) is 14.3. The zero-order chi connectivity index (χ0) is 25.7. The number of hydrogen-bond acceptors (Lipinski definition) is 3. The van der Waals surface area contributed by atoms with Crippen LogP contribution < -0.4 is 5.73 Å². The van der Waals surface area contributed by atoms with Crippen molar-refractivity contribution in [1.29, 1.82) is 0 Å². The molecule has 0 atom stereocenters. The van der Waals surface area contributed by atoms with E-state index in [0.717, 1.165) is 17.1 Å². The molecule has 0 fully saturated rings. The zero-order valence-electron chi connectivity index (χ0n) is 21.1. The van der Waals surface area contributed by atoms with Crippen LogP contribution >= 0.6 is 0 Å². The van der Waals surface area contributed by atoms with Crippen LogP contribution in [0.4, 0.5) is 5.69 Å². The molecule has 0 saturated carbocycles. The van der Waals surface area contributed by atoms with Crippen LogP contribution in [0.1, 0.15) is 19.5 Å². The molecular formula is C33H30N4. The normalized spacial score (nSPS) is 12.2. The van der Waals surface area contributed by atoms with Gasteiger partial charge in [0.25, 0.3) is 0 Å². The van der Waals surface area contributed by atoms with Gasteiger partial charge in [-0.25, -0.2) is 4.68 Å². The minimum Gasteiger partial charge on any atom is -0.401 e. The number of benzene rings is 4. The largest absolute Gasteiger partial charge is 0.401 e. The van der Waals surface area contributed by atoms with Crippen molar-refractivity contribution >= 4 is 11.9 Å². The topological polar surface area (TPSA) is 56.2 Å². The number of aliphatic imine (C=N–C) groups is 1. The Morgan fingerprint density at radius 1 is 0.703 bits per heavy atom. The van der Waals surface area contributed by atoms with E-state index in [9.17, 15) is 0 Å². The summed E-state index contributed by atoms with van der Waals surface area (Å²) in [6.45, 7) is 4.15. The fourth-order valence-electron chi connectivity index (χ4n) is 4.17. The quantitative estimate of drug-likeness (QED) is 0.241. The van der Waals surface area contributed by atoms with Crippen LogP contribution in [-0.2, 0) is 5.41 Å². The summed E-state index contributed by atoms with van der Waals surface area (Å²) in [6, 6.07) is 39.3. The van der Waals surface area contributed by atoms with Gasteiger partial charge < -0.3 is 5.73 Å². The summed E-state index contributed by atoms with van der Waals surface area (Å²) in [5.74, 6) is 0. The minimum absolute atomic E-state index is 0.446. The average Bonchev–Trinajstić information content (AvgIpc) is 3.46. The first-order chi connectivity index (χ1) is 18.0. The van der Waals surface area contributed by atoms with Crippen molar-refractivity contribution in [3.8, 4) is 27.9 Å². The molecule has 1 aromatic heterocycles. The van der Waals surface area contributed by atoms with E-state index in [4.69, 9.17) is 10.8 Å². The molecule has 1 heterocycles. The third-order valence-electron chi connectivity index (χ3n) is 6.64. The molecule has 0 aliphatic heterocycles. The second-order valence-corrected chi connectivity index (χ2v) is 9.50. The van der Waals surface area contributed by atoms with Crippen LogP contribution in [-0.4, -0.2) is 16.0 Å². The van der Waals surface area contributed by atoms with Gasteiger partial charge in [0, 0.05) is 23.5 Å². The van der Waals surface area contributed by atoms with Gasteiger partial charge in [0.15, 0.2) is 0 Å². The lowest BCUT2D eigenvalue weighted by Crippen LogP contribution is -2.26. The van der Waals surface area contributed by atoms with Crippen LogP contribution in [0.2, 0.25) is 0 Å². The van der Waals surface area contributed by atoms with Crippen molar-refractivity contribution in [1.82, 2.24) is 9.78 Å². The Morgan fingerprint density at radius 3 is 1.78 bits per heavy atom. The van der Waals surface area contributed by atoms with Gasteiger partial charge in [0.1, 0.15) is 0 Å². The second-order valence-electron chi connectivity index (χ2n) is 9.50. The van der Waals surface area contributed by atoms with Crippen LogP contribution in [0.3, 0.4) is 0 Å². The molecule has 182 valence electrons. The fraction of sp³-hybridized carbons (Fsp3) is 0.0909.